The third-order valence-electron chi connectivity index (χ3n) is 4.52. The van der Waals surface area contributed by atoms with Gasteiger partial charge >= 0.3 is 0 Å². The van der Waals surface area contributed by atoms with Crippen molar-refractivity contribution in [1.29, 1.82) is 0 Å². The van der Waals surface area contributed by atoms with Gasteiger partial charge in [0.15, 0.2) is 0 Å². The molecule has 136 valence electrons. The molecule has 4 nitrogen and oxygen atoms in total. The van der Waals surface area contributed by atoms with Gasteiger partial charge < -0.3 is 19.9 Å². The Morgan fingerprint density at radius 2 is 2.00 bits per heavy atom. The fourth-order valence-electron chi connectivity index (χ4n) is 3.09. The van der Waals surface area contributed by atoms with Crippen molar-refractivity contribution in [3.8, 4) is 17.6 Å². The van der Waals surface area contributed by atoms with Gasteiger partial charge in [0.05, 0.1) is 5.60 Å². The molecule has 2 aromatic rings. The molecule has 0 unspecified atom stereocenters. The molecule has 2 aromatic carbocycles. The molecule has 0 aromatic heterocycles. The summed E-state index contributed by atoms with van der Waals surface area (Å²) in [6.07, 6.45) is 1.36. The topological polar surface area (TPSA) is 53.7 Å². The Kier molecular flexibility index (Phi) is 5.77. The molecule has 1 aliphatic rings. The van der Waals surface area contributed by atoms with Gasteiger partial charge in [-0.05, 0) is 35.9 Å². The summed E-state index contributed by atoms with van der Waals surface area (Å²) in [5, 5.41) is 0. The first kappa shape index (κ1) is 18.2. The lowest BCUT2D eigenvalue weighted by Crippen LogP contribution is -2.35. The predicted molar refractivity (Wildman–Crippen MR) is 98.4 cm³/mol. The summed E-state index contributed by atoms with van der Waals surface area (Å²) in [5.41, 5.74) is 7.43. The highest BCUT2D eigenvalue weighted by atomic mass is 19.1. The number of benzene rings is 2. The molecule has 0 radical (unpaired) electrons. The second-order valence-corrected chi connectivity index (χ2v) is 6.20. The lowest BCUT2D eigenvalue weighted by Gasteiger charge is -2.36. The maximum Gasteiger partial charge on any atom is 0.149 e. The maximum absolute atomic E-state index is 14.1. The van der Waals surface area contributed by atoms with Crippen molar-refractivity contribution in [3.63, 3.8) is 0 Å². The molecule has 0 bridgehead atoms. The Bertz CT molecular complexity index is 819. The van der Waals surface area contributed by atoms with Crippen molar-refractivity contribution >= 4 is 5.69 Å². The highest BCUT2D eigenvalue weighted by Gasteiger charge is 2.35. The van der Waals surface area contributed by atoms with Crippen LogP contribution in [0.2, 0.25) is 0 Å². The number of methoxy groups -OCH3 is 1. The minimum atomic E-state index is -0.536. The molecular formula is C21H22FNO3. The Labute approximate surface area is 153 Å². The van der Waals surface area contributed by atoms with Crippen LogP contribution in [-0.2, 0) is 15.1 Å². The fraction of sp³-hybridized carbons (Fsp3) is 0.333. The van der Waals surface area contributed by atoms with Crippen molar-refractivity contribution < 1.29 is 18.6 Å². The molecule has 0 amide bonds. The zero-order valence-electron chi connectivity index (χ0n) is 14.8. The lowest BCUT2D eigenvalue weighted by molar-refractivity contribution is -0.0950. The summed E-state index contributed by atoms with van der Waals surface area (Å²) in [6.45, 7) is 1.33. The van der Waals surface area contributed by atoms with Crippen LogP contribution in [0, 0.1) is 17.7 Å². The monoisotopic (exact) mass is 355 g/mol. The molecule has 5 heteroatoms. The number of ether oxygens (including phenoxy) is 3. The van der Waals surface area contributed by atoms with Crippen molar-refractivity contribution in [3.05, 3.63) is 59.4 Å². The van der Waals surface area contributed by atoms with E-state index >= 15 is 0 Å². The molecule has 3 rings (SSSR count). The minimum absolute atomic E-state index is 0.154. The minimum Gasteiger partial charge on any atom is -0.481 e. The molecule has 1 heterocycles. The van der Waals surface area contributed by atoms with Crippen LogP contribution in [0.25, 0.3) is 0 Å². The Morgan fingerprint density at radius 3 is 2.73 bits per heavy atom. The molecule has 1 aliphatic heterocycles. The highest BCUT2D eigenvalue weighted by molar-refractivity contribution is 5.47. The van der Waals surface area contributed by atoms with Gasteiger partial charge in [-0.1, -0.05) is 17.9 Å². The number of nitrogen functional groups attached to an aromatic ring is 1. The van der Waals surface area contributed by atoms with Gasteiger partial charge in [-0.15, -0.1) is 0 Å². The third kappa shape index (κ3) is 4.34. The van der Waals surface area contributed by atoms with E-state index in [4.69, 9.17) is 19.9 Å². The molecule has 1 fully saturated rings. The second-order valence-electron chi connectivity index (χ2n) is 6.20. The molecular weight excluding hydrogens is 333 g/mol. The summed E-state index contributed by atoms with van der Waals surface area (Å²) in [7, 11) is 1.65. The average molecular weight is 355 g/mol. The van der Waals surface area contributed by atoms with Crippen LogP contribution >= 0.6 is 0 Å². The van der Waals surface area contributed by atoms with Crippen LogP contribution in [0.1, 0.15) is 24.0 Å². The van der Waals surface area contributed by atoms with E-state index in [9.17, 15) is 4.39 Å². The molecule has 0 saturated carbocycles. The smallest absolute Gasteiger partial charge is 0.149 e. The molecule has 0 aliphatic carbocycles. The van der Waals surface area contributed by atoms with E-state index < -0.39 is 5.60 Å². The Balaban J connectivity index is 1.72. The highest BCUT2D eigenvalue weighted by Crippen LogP contribution is 2.37. The van der Waals surface area contributed by atoms with Crippen LogP contribution in [0.15, 0.2) is 42.5 Å². The van der Waals surface area contributed by atoms with Crippen LogP contribution < -0.4 is 10.5 Å². The Hall–Kier alpha value is -2.55. The van der Waals surface area contributed by atoms with Crippen LogP contribution in [0.5, 0.6) is 5.75 Å². The van der Waals surface area contributed by atoms with Crippen LogP contribution in [0.3, 0.4) is 0 Å². The fourth-order valence-corrected chi connectivity index (χ4v) is 3.09. The van der Waals surface area contributed by atoms with Crippen molar-refractivity contribution in [2.24, 2.45) is 0 Å². The lowest BCUT2D eigenvalue weighted by atomic mass is 9.86. The van der Waals surface area contributed by atoms with Gasteiger partial charge in [-0.2, -0.15) is 0 Å². The molecule has 2 N–H and O–H groups in total. The predicted octanol–water partition coefficient (Wildman–Crippen LogP) is 3.49. The van der Waals surface area contributed by atoms with Gasteiger partial charge in [0.1, 0.15) is 18.2 Å². The summed E-state index contributed by atoms with van der Waals surface area (Å²) < 4.78 is 30.9. The first-order valence-electron chi connectivity index (χ1n) is 8.52. The quantitative estimate of drug-likeness (QED) is 0.674. The Morgan fingerprint density at radius 1 is 1.19 bits per heavy atom. The number of anilines is 1. The number of nitrogens with two attached hydrogens (primary N) is 1. The first-order chi connectivity index (χ1) is 12.6. The van der Waals surface area contributed by atoms with Crippen molar-refractivity contribution in [2.45, 2.75) is 18.4 Å². The average Bonchev–Trinajstić information content (AvgIpc) is 2.65. The van der Waals surface area contributed by atoms with E-state index in [0.717, 1.165) is 11.1 Å². The van der Waals surface area contributed by atoms with Gasteiger partial charge in [0, 0.05) is 50.5 Å². The van der Waals surface area contributed by atoms with E-state index in [1.54, 1.807) is 19.2 Å². The van der Waals surface area contributed by atoms with Crippen molar-refractivity contribution in [1.82, 2.24) is 0 Å². The van der Waals surface area contributed by atoms with E-state index in [0.29, 0.717) is 37.5 Å². The van der Waals surface area contributed by atoms with Gasteiger partial charge in [0.25, 0.3) is 0 Å². The van der Waals surface area contributed by atoms with E-state index in [1.165, 1.54) is 12.1 Å². The number of rotatable bonds is 4. The standard InChI is InChI=1S/C21H22FNO3/c1-24-21(7-10-25-11-8-21)17-13-18(22)15-20(14-17)26-9-3-5-16-4-2-6-19(23)12-16/h2,4,6,12-15H,7-11,23H2,1H3. The maximum atomic E-state index is 14.1. The largest absolute Gasteiger partial charge is 0.481 e. The normalized spacial score (nSPS) is 15.8. The van der Waals surface area contributed by atoms with E-state index in [-0.39, 0.29) is 12.4 Å². The first-order valence-corrected chi connectivity index (χ1v) is 8.52. The molecule has 1 saturated heterocycles. The van der Waals surface area contributed by atoms with Gasteiger partial charge in [-0.3, -0.25) is 0 Å². The summed E-state index contributed by atoms with van der Waals surface area (Å²) in [5.74, 6) is 5.97. The van der Waals surface area contributed by atoms with E-state index in [2.05, 4.69) is 11.8 Å². The van der Waals surface area contributed by atoms with Crippen LogP contribution in [-0.4, -0.2) is 26.9 Å². The van der Waals surface area contributed by atoms with Crippen molar-refractivity contribution in [2.75, 3.05) is 32.7 Å². The third-order valence-corrected chi connectivity index (χ3v) is 4.52. The summed E-state index contributed by atoms with van der Waals surface area (Å²) in [6, 6.07) is 12.0. The molecule has 0 atom stereocenters. The summed E-state index contributed by atoms with van der Waals surface area (Å²) >= 11 is 0. The number of hydrogen-bond acceptors (Lipinski definition) is 4. The zero-order chi connectivity index (χ0) is 18.4. The van der Waals surface area contributed by atoms with E-state index in [1.807, 2.05) is 18.2 Å². The second kappa shape index (κ2) is 8.22. The van der Waals surface area contributed by atoms with Gasteiger partial charge in [-0.25, -0.2) is 4.39 Å². The molecule has 26 heavy (non-hydrogen) atoms. The number of hydrogen-bond donors (Lipinski definition) is 1. The van der Waals surface area contributed by atoms with Crippen LogP contribution in [0.4, 0.5) is 10.1 Å². The SMILES string of the molecule is COC1(c2cc(F)cc(OCC#Cc3cccc(N)c3)c2)CCOCC1. The number of halogens is 1. The van der Waals surface area contributed by atoms with Gasteiger partial charge in [0.2, 0.25) is 0 Å². The summed E-state index contributed by atoms with van der Waals surface area (Å²) in [4.78, 5) is 0. The molecule has 0 spiro atoms. The zero-order valence-corrected chi connectivity index (χ0v) is 14.8.